The van der Waals surface area contributed by atoms with E-state index in [1.165, 1.54) is 36.0 Å². The fourth-order valence-corrected chi connectivity index (χ4v) is 10.1. The van der Waals surface area contributed by atoms with Crippen LogP contribution in [0.15, 0.2) is 85.1 Å². The smallest absolute Gasteiger partial charge is 0.305 e. The number of aromatic hydroxyl groups is 1. The molecule has 0 aliphatic heterocycles. The van der Waals surface area contributed by atoms with Crippen LogP contribution in [0.3, 0.4) is 0 Å². The van der Waals surface area contributed by atoms with Gasteiger partial charge >= 0.3 is 29.8 Å². The third-order valence-corrected chi connectivity index (χ3v) is 15.6. The summed E-state index contributed by atoms with van der Waals surface area (Å²) in [6.45, 7) is 0.235. The van der Waals surface area contributed by atoms with Crippen LogP contribution in [0, 0.1) is 0 Å². The molecule has 1 aromatic heterocycles. The summed E-state index contributed by atoms with van der Waals surface area (Å²) >= 11 is 1.27. The highest BCUT2D eigenvalue weighted by atomic mass is 32.2. The Hall–Kier alpha value is -11.2. The number of nitrogens with two attached hydrogens (primary N) is 2. The normalized spacial score (nSPS) is 14.0. The summed E-state index contributed by atoms with van der Waals surface area (Å²) < 4.78 is 0. The minimum Gasteiger partial charge on any atom is -0.508 e. The first-order valence-corrected chi connectivity index (χ1v) is 32.2. The summed E-state index contributed by atoms with van der Waals surface area (Å²) in [7, 11) is 0. The number of amides is 11. The average molecular weight is 1400 g/mol. The molecular formula is C63H81N13O22S. The van der Waals surface area contributed by atoms with Crippen LogP contribution in [0.1, 0.15) is 87.8 Å². The molecule has 0 spiro atoms. The molecule has 0 fully saturated rings. The van der Waals surface area contributed by atoms with Crippen LogP contribution in [-0.2, 0) is 96.0 Å². The quantitative estimate of drug-likeness (QED) is 0.0209. The molecule has 4 aromatic rings. The van der Waals surface area contributed by atoms with E-state index in [1.807, 2.05) is 0 Å². The number of nitrogens with one attached hydrogen (secondary N) is 11. The van der Waals surface area contributed by atoms with Gasteiger partial charge in [-0.1, -0.05) is 60.7 Å². The zero-order chi connectivity index (χ0) is 73.5. The van der Waals surface area contributed by atoms with Crippen LogP contribution in [0.4, 0.5) is 0 Å². The van der Waals surface area contributed by atoms with Crippen molar-refractivity contribution in [3.63, 3.8) is 0 Å². The van der Waals surface area contributed by atoms with Crippen LogP contribution in [0.2, 0.25) is 0 Å². The highest BCUT2D eigenvalue weighted by Gasteiger charge is 2.36. The summed E-state index contributed by atoms with van der Waals surface area (Å²) in [5.74, 6) is -19.2. The van der Waals surface area contributed by atoms with Crippen molar-refractivity contribution in [3.05, 3.63) is 102 Å². The number of aromatic nitrogens is 1. The predicted octanol–water partition coefficient (Wildman–Crippen LogP) is -3.10. The lowest BCUT2D eigenvalue weighted by Crippen LogP contribution is -2.59. The lowest BCUT2D eigenvalue weighted by atomic mass is 10.0. The first kappa shape index (κ1) is 80.3. The number of primary amides is 1. The Balaban J connectivity index is 1.56. The molecule has 0 aliphatic rings. The minimum absolute atomic E-state index is 0.0763. The zero-order valence-corrected chi connectivity index (χ0v) is 54.6. The van der Waals surface area contributed by atoms with Gasteiger partial charge in [0.1, 0.15) is 60.1 Å². The largest absolute Gasteiger partial charge is 0.508 e. The summed E-state index contributed by atoms with van der Waals surface area (Å²) in [4.78, 5) is 212. The Kier molecular flexibility index (Phi) is 32.8. The van der Waals surface area contributed by atoms with Crippen molar-refractivity contribution in [1.82, 2.24) is 58.2 Å². The Labute approximate surface area is 569 Å². The number of fused-ring (bicyclic) bond motifs is 1. The highest BCUT2D eigenvalue weighted by Crippen LogP contribution is 2.20. The lowest BCUT2D eigenvalue weighted by molar-refractivity contribution is -0.141. The molecule has 0 aliphatic carbocycles. The molecule has 11 amide bonds. The van der Waals surface area contributed by atoms with Gasteiger partial charge in [-0.3, -0.25) is 76.7 Å². The molecule has 3 aromatic carbocycles. The number of rotatable bonds is 44. The third-order valence-electron chi connectivity index (χ3n) is 15.0. The maximum Gasteiger partial charge on any atom is 0.305 e. The van der Waals surface area contributed by atoms with Crippen molar-refractivity contribution in [3.8, 4) is 5.75 Å². The van der Waals surface area contributed by atoms with Gasteiger partial charge in [0.15, 0.2) is 0 Å². The molecule has 0 bridgehead atoms. The van der Waals surface area contributed by atoms with E-state index in [0.717, 1.165) is 6.92 Å². The fourth-order valence-electron chi connectivity index (χ4n) is 9.64. The minimum atomic E-state index is -1.88. The summed E-state index contributed by atoms with van der Waals surface area (Å²) in [6, 6.07) is 4.27. The van der Waals surface area contributed by atoms with Gasteiger partial charge in [-0.25, -0.2) is 0 Å². The Morgan fingerprint density at radius 3 is 1.39 bits per heavy atom. The van der Waals surface area contributed by atoms with Crippen molar-refractivity contribution in [2.24, 2.45) is 11.5 Å². The molecule has 99 heavy (non-hydrogen) atoms. The molecule has 1 heterocycles. The van der Waals surface area contributed by atoms with Gasteiger partial charge < -0.3 is 100 Å². The number of carboxylic acid groups (broad SMARTS) is 5. The predicted molar refractivity (Wildman–Crippen MR) is 350 cm³/mol. The fraction of sp³-hybridized carbons (Fsp3) is 0.429. The molecule has 4 rings (SSSR count). The molecule has 10 atom stereocenters. The van der Waals surface area contributed by atoms with Crippen molar-refractivity contribution >= 4 is 117 Å². The number of para-hydroxylation sites is 1. The second-order valence-corrected chi connectivity index (χ2v) is 23.7. The van der Waals surface area contributed by atoms with Gasteiger partial charge in [0.2, 0.25) is 65.0 Å². The van der Waals surface area contributed by atoms with Gasteiger partial charge in [-0.15, -0.1) is 0 Å². The van der Waals surface area contributed by atoms with Crippen LogP contribution < -0.4 is 64.6 Å². The molecule has 0 radical (unpaired) electrons. The van der Waals surface area contributed by atoms with E-state index in [1.54, 1.807) is 67.0 Å². The zero-order valence-electron chi connectivity index (χ0n) is 53.7. The Morgan fingerprint density at radius 2 is 0.869 bits per heavy atom. The number of carboxylic acids is 5. The number of carbonyl (C=O) groups excluding carboxylic acids is 11. The number of thioether (sulfide) groups is 1. The van der Waals surface area contributed by atoms with E-state index >= 15 is 0 Å². The lowest BCUT2D eigenvalue weighted by Gasteiger charge is -2.26. The number of phenolic OH excluding ortho intramolecular Hbond substituents is 1. The van der Waals surface area contributed by atoms with Crippen molar-refractivity contribution < 1.29 is 107 Å². The van der Waals surface area contributed by atoms with Crippen molar-refractivity contribution in [2.75, 3.05) is 18.6 Å². The number of hydrogen-bond donors (Lipinski definition) is 19. The van der Waals surface area contributed by atoms with Gasteiger partial charge in [-0.2, -0.15) is 11.8 Å². The average Bonchev–Trinajstić information content (AvgIpc) is 1.72. The molecule has 35 nitrogen and oxygen atoms in total. The molecule has 536 valence electrons. The number of hydrogen-bond acceptors (Lipinski definition) is 19. The second-order valence-electron chi connectivity index (χ2n) is 22.7. The maximum absolute atomic E-state index is 14.5. The Morgan fingerprint density at radius 1 is 0.444 bits per heavy atom. The van der Waals surface area contributed by atoms with Crippen LogP contribution in [0.25, 0.3) is 10.9 Å². The van der Waals surface area contributed by atoms with Gasteiger partial charge in [0.05, 0.1) is 19.0 Å². The van der Waals surface area contributed by atoms with E-state index in [4.69, 9.17) is 16.6 Å². The Bertz CT molecular complexity index is 3560. The molecule has 0 saturated carbocycles. The topological polar surface area (TPSA) is 583 Å². The van der Waals surface area contributed by atoms with E-state index in [0.29, 0.717) is 27.6 Å². The van der Waals surface area contributed by atoms with Crippen molar-refractivity contribution in [2.45, 2.75) is 151 Å². The van der Waals surface area contributed by atoms with Gasteiger partial charge in [-0.05, 0) is 85.9 Å². The summed E-state index contributed by atoms with van der Waals surface area (Å²) in [6.07, 6.45) is -3.79. The molecule has 0 unspecified atom stereocenters. The van der Waals surface area contributed by atoms with Gasteiger partial charge in [0, 0.05) is 62.0 Å². The summed E-state index contributed by atoms with van der Waals surface area (Å²) in [5.41, 5.74) is 13.4. The third kappa shape index (κ3) is 28.6. The SMILES string of the molecule is CSCC[C@H](NC(=O)[C@H](Cc1c[nH]c2ccccc12)NC(=O)CNC(=O)[C@H](Cc1ccc(O)cc1)NC(=O)[C@H](C)NC(=O)[C@H](CCC(=O)O)NC(=O)[C@H](CCC(=O)O)NC(=O)[C@H](CCC(=O)O)NC(=O)[C@H](N)CCC(=O)O)C(=O)N[C@@H](CC(=O)O)C(=O)N[C@@H](Cc1ccccc1)C(N)=O. The molecular weight excluding hydrogens is 1320 g/mol. The molecule has 36 heteroatoms. The number of H-pyrrole nitrogens is 1. The number of benzene rings is 3. The van der Waals surface area contributed by atoms with Gasteiger partial charge in [0.25, 0.3) is 0 Å². The van der Waals surface area contributed by atoms with E-state index < -0.39 is 220 Å². The van der Waals surface area contributed by atoms with E-state index in [2.05, 4.69) is 58.2 Å². The standard InChI is InChI=1S/C63H81N13O22S/c1-32(68-58(93)40(17-21-50(81)82)71-60(95)42(19-23-52(85)86)72-59(94)41(18-22-51(83)84)70-56(91)38(64)16-20-49(79)80)55(90)75-45(27-34-12-14-36(77)15-13-34)57(92)67-31-48(78)69-46(28-35-30-66-39-11-7-6-10-37(35)39)62(97)73-43(24-25-99-2)61(96)76-47(29-53(87)88)63(98)74-44(54(65)89)26-33-8-4-3-5-9-33/h3-15,30,32,38,40-47,66,77H,16-29,31,64H2,1-2H3,(H2,65,89)(H,67,92)(H,68,93)(H,69,78)(H,70,91)(H,71,95)(H,72,94)(H,73,97)(H,74,98)(H,75,90)(H,76,96)(H,79,80)(H,81,82)(H,83,84)(H,85,86)(H,87,88)/t32-,38+,40-,41-,42-,43-,44-,45-,46-,47-/m0/s1. The molecule has 0 saturated heterocycles. The van der Waals surface area contributed by atoms with E-state index in [9.17, 15) is 102 Å². The van der Waals surface area contributed by atoms with Crippen molar-refractivity contribution in [1.29, 1.82) is 0 Å². The number of aromatic amines is 1. The second kappa shape index (κ2) is 40.4. The number of carbonyl (C=O) groups is 16. The first-order valence-electron chi connectivity index (χ1n) is 30.8. The monoisotopic (exact) mass is 1400 g/mol. The number of aliphatic carboxylic acids is 5. The first-order chi connectivity index (χ1) is 46.8. The van der Waals surface area contributed by atoms with Crippen LogP contribution in [-0.4, -0.2) is 209 Å². The van der Waals surface area contributed by atoms with Crippen LogP contribution in [0.5, 0.6) is 5.75 Å². The number of phenols is 1. The van der Waals surface area contributed by atoms with Crippen LogP contribution >= 0.6 is 11.8 Å². The highest BCUT2D eigenvalue weighted by molar-refractivity contribution is 7.98. The maximum atomic E-state index is 14.5. The summed E-state index contributed by atoms with van der Waals surface area (Å²) in [5, 5.41) is 81.4. The van der Waals surface area contributed by atoms with E-state index in [-0.39, 0.29) is 37.2 Å². The molecule has 21 N–H and O–H groups in total.